The van der Waals surface area contributed by atoms with Crippen LogP contribution in [-0.2, 0) is 17.5 Å². The van der Waals surface area contributed by atoms with Gasteiger partial charge in [0.1, 0.15) is 5.75 Å². The molecule has 1 N–H and O–H groups in total. The van der Waals surface area contributed by atoms with E-state index in [1.807, 2.05) is 26.0 Å². The first kappa shape index (κ1) is 29.9. The molecule has 2 aliphatic rings. The molecule has 2 aromatic rings. The Morgan fingerprint density at radius 2 is 1.80 bits per heavy atom. The molecule has 0 saturated carbocycles. The van der Waals surface area contributed by atoms with E-state index in [0.717, 1.165) is 56.5 Å². The number of amides is 1. The van der Waals surface area contributed by atoms with Gasteiger partial charge >= 0.3 is 12.1 Å². The molecule has 0 bridgehead atoms. The zero-order valence-corrected chi connectivity index (χ0v) is 23.4. The number of ether oxygens (including phenoxy) is 1. The van der Waals surface area contributed by atoms with E-state index in [9.17, 15) is 27.9 Å². The van der Waals surface area contributed by atoms with Crippen molar-refractivity contribution in [2.45, 2.75) is 77.6 Å². The van der Waals surface area contributed by atoms with Crippen LogP contribution in [0.15, 0.2) is 42.5 Å². The minimum atomic E-state index is -4.45. The predicted octanol–water partition coefficient (Wildman–Crippen LogP) is 6.79. The molecule has 218 valence electrons. The Labute approximate surface area is 234 Å². The number of carbonyl (C=O) groups is 2. The van der Waals surface area contributed by atoms with Crippen molar-refractivity contribution in [3.63, 3.8) is 0 Å². The van der Waals surface area contributed by atoms with E-state index in [2.05, 4.69) is 11.8 Å². The summed E-state index contributed by atoms with van der Waals surface area (Å²) in [5.41, 5.74) is 1.03. The molecule has 9 heteroatoms. The van der Waals surface area contributed by atoms with Gasteiger partial charge in [0, 0.05) is 17.5 Å². The Kier molecular flexibility index (Phi) is 9.44. The van der Waals surface area contributed by atoms with Crippen molar-refractivity contribution >= 4 is 11.9 Å². The van der Waals surface area contributed by atoms with Gasteiger partial charge in [-0.25, -0.2) is 4.79 Å². The fraction of sp³-hybridized carbons (Fsp3) is 0.548. The lowest BCUT2D eigenvalue weighted by molar-refractivity contribution is -0.142. The van der Waals surface area contributed by atoms with Gasteiger partial charge in [-0.05, 0) is 92.9 Å². The maximum absolute atomic E-state index is 13.6. The first-order chi connectivity index (χ1) is 19.0. The van der Waals surface area contributed by atoms with Crippen molar-refractivity contribution in [3.8, 4) is 5.75 Å². The minimum absolute atomic E-state index is 0.0359. The van der Waals surface area contributed by atoms with Crippen LogP contribution in [0.2, 0.25) is 0 Å². The van der Waals surface area contributed by atoms with Gasteiger partial charge in [0.15, 0.2) is 6.73 Å². The van der Waals surface area contributed by atoms with Crippen LogP contribution in [-0.4, -0.2) is 52.6 Å². The van der Waals surface area contributed by atoms with Crippen LogP contribution in [0.5, 0.6) is 5.75 Å². The maximum atomic E-state index is 13.6. The van der Waals surface area contributed by atoms with E-state index in [1.165, 1.54) is 11.0 Å². The van der Waals surface area contributed by atoms with Gasteiger partial charge in [0.05, 0.1) is 17.7 Å². The average Bonchev–Trinajstić information content (AvgIpc) is 2.94. The van der Waals surface area contributed by atoms with E-state index in [1.54, 1.807) is 12.1 Å². The van der Waals surface area contributed by atoms with E-state index in [4.69, 9.17) is 4.74 Å². The number of nitrogens with zero attached hydrogens (tertiary/aromatic N) is 2. The first-order valence-electron chi connectivity index (χ1n) is 14.2. The fourth-order valence-electron chi connectivity index (χ4n) is 6.08. The molecule has 2 heterocycles. The fourth-order valence-corrected chi connectivity index (χ4v) is 6.08. The van der Waals surface area contributed by atoms with Crippen LogP contribution < -0.4 is 4.74 Å². The predicted molar refractivity (Wildman–Crippen MR) is 146 cm³/mol. The lowest BCUT2D eigenvalue weighted by Gasteiger charge is -2.38. The highest BCUT2D eigenvalue weighted by molar-refractivity contribution is 5.87. The number of rotatable bonds is 9. The van der Waals surface area contributed by atoms with E-state index in [0.29, 0.717) is 35.3 Å². The maximum Gasteiger partial charge on any atom is 0.416 e. The molecular formula is C31H39F3N2O4. The Bertz CT molecular complexity index is 1190. The van der Waals surface area contributed by atoms with Crippen molar-refractivity contribution in [2.75, 3.05) is 19.8 Å². The number of carbonyl (C=O) groups excluding carboxylic acids is 1. The number of halogens is 3. The molecule has 2 aliphatic heterocycles. The number of benzene rings is 2. The lowest BCUT2D eigenvalue weighted by atomic mass is 9.85. The highest BCUT2D eigenvalue weighted by atomic mass is 19.4. The summed E-state index contributed by atoms with van der Waals surface area (Å²) in [6.45, 7) is 8.16. The lowest BCUT2D eigenvalue weighted by Crippen LogP contribution is -2.44. The summed E-state index contributed by atoms with van der Waals surface area (Å²) in [5, 5.41) is 9.32. The standard InChI is InChI=1S/C31H39F3N2O4/c1-4-26(35-14-12-21(13-15-35)22-6-5-7-23(16-22)30(38)39)9-10-27(20(2)3)29(37)36-18-24-17-25(31(32,33)34)8-11-28(24)40-19-36/h5-8,11,16-17,20-21,26-27H,4,9-10,12-15,18-19H2,1-3H3,(H,38,39)/t26-,27+/m0/s1. The topological polar surface area (TPSA) is 70.1 Å². The Hall–Kier alpha value is -3.07. The molecule has 0 aliphatic carbocycles. The molecule has 2 atom stereocenters. The molecule has 0 unspecified atom stereocenters. The summed E-state index contributed by atoms with van der Waals surface area (Å²) >= 11 is 0. The van der Waals surface area contributed by atoms with Crippen molar-refractivity contribution in [1.82, 2.24) is 9.80 Å². The summed E-state index contributed by atoms with van der Waals surface area (Å²) in [5.74, 6) is -0.433. The minimum Gasteiger partial charge on any atom is -0.478 e. The molecule has 2 aromatic carbocycles. The molecule has 1 fully saturated rings. The van der Waals surface area contributed by atoms with Crippen LogP contribution in [0.25, 0.3) is 0 Å². The summed E-state index contributed by atoms with van der Waals surface area (Å²) in [6, 6.07) is 11.0. The van der Waals surface area contributed by atoms with Crippen LogP contribution in [0.3, 0.4) is 0 Å². The number of carboxylic acids is 1. The summed E-state index contributed by atoms with van der Waals surface area (Å²) in [6.07, 6.45) is -0.0328. The summed E-state index contributed by atoms with van der Waals surface area (Å²) < 4.78 is 45.3. The number of aromatic carboxylic acids is 1. The van der Waals surface area contributed by atoms with Gasteiger partial charge in [0.25, 0.3) is 0 Å². The third-order valence-electron chi connectivity index (χ3n) is 8.49. The second-order valence-corrected chi connectivity index (χ2v) is 11.4. The zero-order valence-electron chi connectivity index (χ0n) is 23.4. The number of hydrogen-bond acceptors (Lipinski definition) is 4. The molecule has 1 amide bonds. The van der Waals surface area contributed by atoms with Gasteiger partial charge in [-0.15, -0.1) is 0 Å². The Morgan fingerprint density at radius 3 is 2.42 bits per heavy atom. The highest BCUT2D eigenvalue weighted by Crippen LogP contribution is 2.36. The monoisotopic (exact) mass is 560 g/mol. The molecule has 40 heavy (non-hydrogen) atoms. The van der Waals surface area contributed by atoms with Crippen LogP contribution >= 0.6 is 0 Å². The van der Waals surface area contributed by atoms with Crippen molar-refractivity contribution in [3.05, 3.63) is 64.7 Å². The third kappa shape index (κ3) is 6.97. The second-order valence-electron chi connectivity index (χ2n) is 11.4. The molecular weight excluding hydrogens is 521 g/mol. The van der Waals surface area contributed by atoms with Gasteiger partial charge in [-0.3, -0.25) is 4.79 Å². The first-order valence-corrected chi connectivity index (χ1v) is 14.2. The number of piperidine rings is 1. The normalized spacial score (nSPS) is 18.2. The summed E-state index contributed by atoms with van der Waals surface area (Å²) in [4.78, 5) is 28.9. The molecule has 4 rings (SSSR count). The Balaban J connectivity index is 1.35. The SMILES string of the molecule is CC[C@@H](CC[C@@H](C(=O)N1COc2ccc(C(F)(F)F)cc2C1)C(C)C)N1CCC(c2cccc(C(=O)O)c2)CC1. The molecule has 0 radical (unpaired) electrons. The highest BCUT2D eigenvalue weighted by Gasteiger charge is 2.35. The molecule has 0 spiro atoms. The smallest absolute Gasteiger partial charge is 0.416 e. The number of alkyl halides is 3. The average molecular weight is 561 g/mol. The quantitative estimate of drug-likeness (QED) is 0.366. The molecule has 0 aromatic heterocycles. The number of fused-ring (bicyclic) bond motifs is 1. The number of carboxylic acid groups (broad SMARTS) is 1. The van der Waals surface area contributed by atoms with Crippen molar-refractivity contribution in [2.24, 2.45) is 11.8 Å². The molecule has 6 nitrogen and oxygen atoms in total. The molecule has 1 saturated heterocycles. The van der Waals surface area contributed by atoms with E-state index < -0.39 is 17.7 Å². The van der Waals surface area contributed by atoms with Crippen LogP contribution in [0.4, 0.5) is 13.2 Å². The summed E-state index contributed by atoms with van der Waals surface area (Å²) in [7, 11) is 0. The van der Waals surface area contributed by atoms with Crippen molar-refractivity contribution in [1.29, 1.82) is 0 Å². The van der Waals surface area contributed by atoms with Crippen LogP contribution in [0, 0.1) is 11.8 Å². The Morgan fingerprint density at radius 1 is 1.07 bits per heavy atom. The van der Waals surface area contributed by atoms with Crippen LogP contribution in [0.1, 0.15) is 85.8 Å². The van der Waals surface area contributed by atoms with Crippen molar-refractivity contribution < 1.29 is 32.6 Å². The van der Waals surface area contributed by atoms with Gasteiger partial charge in [0.2, 0.25) is 5.91 Å². The number of hydrogen-bond donors (Lipinski definition) is 1. The number of likely N-dealkylation sites (tertiary alicyclic amines) is 1. The van der Waals surface area contributed by atoms with Gasteiger partial charge < -0.3 is 19.6 Å². The third-order valence-corrected chi connectivity index (χ3v) is 8.49. The zero-order chi connectivity index (χ0) is 29.0. The van der Waals surface area contributed by atoms with Gasteiger partial charge in [-0.1, -0.05) is 32.9 Å². The van der Waals surface area contributed by atoms with E-state index in [-0.39, 0.29) is 31.0 Å². The van der Waals surface area contributed by atoms with E-state index >= 15 is 0 Å². The van der Waals surface area contributed by atoms with Gasteiger partial charge in [-0.2, -0.15) is 13.2 Å². The largest absolute Gasteiger partial charge is 0.478 e. The second kappa shape index (κ2) is 12.6.